The molecule has 4 aromatic rings. The van der Waals surface area contributed by atoms with E-state index in [0.717, 1.165) is 36.1 Å². The van der Waals surface area contributed by atoms with E-state index in [4.69, 9.17) is 4.74 Å². The van der Waals surface area contributed by atoms with Gasteiger partial charge in [-0.25, -0.2) is 14.4 Å². The zero-order chi connectivity index (χ0) is 25.7. The summed E-state index contributed by atoms with van der Waals surface area (Å²) in [5.74, 6) is 1.60. The van der Waals surface area contributed by atoms with Crippen LogP contribution in [-0.4, -0.2) is 45.7 Å². The van der Waals surface area contributed by atoms with Gasteiger partial charge in [0, 0.05) is 36.3 Å². The van der Waals surface area contributed by atoms with E-state index in [1.807, 2.05) is 31.2 Å². The number of anilines is 2. The van der Waals surface area contributed by atoms with Gasteiger partial charge in [0.15, 0.2) is 0 Å². The molecule has 188 valence electrons. The number of benzene rings is 1. The van der Waals surface area contributed by atoms with E-state index >= 15 is 0 Å². The number of likely N-dealkylation sites (N-methyl/N-ethyl adjacent to an activating group) is 1. The fourth-order valence-electron chi connectivity index (χ4n) is 4.28. The number of hydrogen-bond donors (Lipinski definition) is 1. The molecule has 0 saturated heterocycles. The predicted octanol–water partition coefficient (Wildman–Crippen LogP) is 5.39. The van der Waals surface area contributed by atoms with Crippen LogP contribution in [-0.2, 0) is 6.54 Å². The van der Waals surface area contributed by atoms with Crippen molar-refractivity contribution in [2.45, 2.75) is 34.2 Å². The van der Waals surface area contributed by atoms with Crippen molar-refractivity contribution in [1.82, 2.24) is 19.4 Å². The van der Waals surface area contributed by atoms with Crippen LogP contribution in [0.15, 0.2) is 59.7 Å². The highest BCUT2D eigenvalue weighted by molar-refractivity contribution is 5.86. The van der Waals surface area contributed by atoms with E-state index in [1.165, 1.54) is 12.1 Å². The number of nitrogens with zero attached hydrogens (tertiary/aromatic N) is 4. The molecular formula is C28H32FN5O2. The van der Waals surface area contributed by atoms with E-state index in [-0.39, 0.29) is 11.4 Å². The molecule has 0 aliphatic rings. The van der Waals surface area contributed by atoms with Crippen LogP contribution in [0.4, 0.5) is 16.0 Å². The zero-order valence-corrected chi connectivity index (χ0v) is 21.2. The van der Waals surface area contributed by atoms with E-state index in [2.05, 4.69) is 34.0 Å². The van der Waals surface area contributed by atoms with Crippen molar-refractivity contribution < 1.29 is 9.13 Å². The Balaban J connectivity index is 1.55. The molecule has 3 aromatic heterocycles. The third kappa shape index (κ3) is 5.54. The van der Waals surface area contributed by atoms with Crippen LogP contribution >= 0.6 is 0 Å². The first-order valence-corrected chi connectivity index (χ1v) is 12.3. The summed E-state index contributed by atoms with van der Waals surface area (Å²) in [6, 6.07) is 11.8. The van der Waals surface area contributed by atoms with Crippen molar-refractivity contribution in [3.8, 4) is 16.9 Å². The number of hydrogen-bond acceptors (Lipinski definition) is 6. The van der Waals surface area contributed by atoms with Gasteiger partial charge in [-0.15, -0.1) is 0 Å². The van der Waals surface area contributed by atoms with E-state index in [1.54, 1.807) is 30.0 Å². The Bertz CT molecular complexity index is 1400. The van der Waals surface area contributed by atoms with Crippen molar-refractivity contribution >= 4 is 22.5 Å². The molecule has 0 radical (unpaired) electrons. The second-order valence-corrected chi connectivity index (χ2v) is 8.57. The molecular weight excluding hydrogens is 457 g/mol. The van der Waals surface area contributed by atoms with E-state index in [9.17, 15) is 9.18 Å². The average molecular weight is 490 g/mol. The van der Waals surface area contributed by atoms with Gasteiger partial charge in [0.1, 0.15) is 29.8 Å². The summed E-state index contributed by atoms with van der Waals surface area (Å²) < 4.78 is 21.1. The molecule has 0 saturated carbocycles. The van der Waals surface area contributed by atoms with E-state index in [0.29, 0.717) is 41.7 Å². The molecule has 0 aliphatic carbocycles. The number of aromatic nitrogens is 3. The van der Waals surface area contributed by atoms with Crippen LogP contribution in [0.2, 0.25) is 0 Å². The fourth-order valence-corrected chi connectivity index (χ4v) is 4.28. The standard InChI is InChI=1S/C28H32FN5O2/c1-5-33(6-2)12-13-36-22-9-11-26(31-18-22)32-27-16-25-20(17-30-27)15-24(28(35)34(25)7-3)23-10-8-21(29)14-19(23)4/h8-11,14-18H,5-7,12-13H2,1-4H3,(H,30,31,32). The highest BCUT2D eigenvalue weighted by Gasteiger charge is 2.14. The van der Waals surface area contributed by atoms with Gasteiger partial charge in [0.05, 0.1) is 11.7 Å². The molecule has 0 bridgehead atoms. The molecule has 1 N–H and O–H groups in total. The number of fused-ring (bicyclic) bond motifs is 1. The van der Waals surface area contributed by atoms with Crippen molar-refractivity contribution in [1.29, 1.82) is 0 Å². The Kier molecular flexibility index (Phi) is 7.95. The number of halogens is 1. The molecule has 7 nitrogen and oxygen atoms in total. The molecule has 0 unspecified atom stereocenters. The number of ether oxygens (including phenoxy) is 1. The molecule has 1 aromatic carbocycles. The topological polar surface area (TPSA) is 72.3 Å². The Morgan fingerprint density at radius 1 is 0.972 bits per heavy atom. The van der Waals surface area contributed by atoms with Gasteiger partial charge in [-0.1, -0.05) is 19.9 Å². The maximum absolute atomic E-state index is 13.6. The highest BCUT2D eigenvalue weighted by atomic mass is 19.1. The summed E-state index contributed by atoms with van der Waals surface area (Å²) in [4.78, 5) is 24.6. The lowest BCUT2D eigenvalue weighted by Crippen LogP contribution is -2.27. The quantitative estimate of drug-likeness (QED) is 0.322. The van der Waals surface area contributed by atoms with Crippen molar-refractivity contribution in [3.63, 3.8) is 0 Å². The third-order valence-electron chi connectivity index (χ3n) is 6.34. The smallest absolute Gasteiger partial charge is 0.258 e. The molecule has 36 heavy (non-hydrogen) atoms. The lowest BCUT2D eigenvalue weighted by molar-refractivity contribution is 0.222. The van der Waals surface area contributed by atoms with Gasteiger partial charge in [0.2, 0.25) is 0 Å². The average Bonchev–Trinajstić information content (AvgIpc) is 2.88. The molecule has 0 spiro atoms. The van der Waals surface area contributed by atoms with Crippen LogP contribution in [0.25, 0.3) is 22.0 Å². The molecule has 0 atom stereocenters. The number of rotatable bonds is 10. The van der Waals surface area contributed by atoms with Crippen LogP contribution in [0.3, 0.4) is 0 Å². The Morgan fingerprint density at radius 2 is 1.75 bits per heavy atom. The summed E-state index contributed by atoms with van der Waals surface area (Å²) in [5, 5.41) is 4.03. The molecule has 4 rings (SSSR count). The Hall–Kier alpha value is -3.78. The minimum atomic E-state index is -0.321. The lowest BCUT2D eigenvalue weighted by Gasteiger charge is -2.18. The number of nitrogens with one attached hydrogen (secondary N) is 1. The van der Waals surface area contributed by atoms with Gasteiger partial charge < -0.3 is 19.5 Å². The van der Waals surface area contributed by atoms with Gasteiger partial charge in [-0.2, -0.15) is 0 Å². The zero-order valence-electron chi connectivity index (χ0n) is 21.2. The van der Waals surface area contributed by atoms with Crippen LogP contribution in [0.5, 0.6) is 5.75 Å². The van der Waals surface area contributed by atoms with Crippen LogP contribution in [0.1, 0.15) is 26.3 Å². The van der Waals surface area contributed by atoms with Crippen LogP contribution in [0, 0.1) is 12.7 Å². The maximum Gasteiger partial charge on any atom is 0.258 e. The van der Waals surface area contributed by atoms with Gasteiger partial charge in [0.25, 0.3) is 5.56 Å². The minimum Gasteiger partial charge on any atom is -0.491 e. The lowest BCUT2D eigenvalue weighted by atomic mass is 10.0. The second kappa shape index (κ2) is 11.3. The summed E-state index contributed by atoms with van der Waals surface area (Å²) in [7, 11) is 0. The summed E-state index contributed by atoms with van der Waals surface area (Å²) in [5.41, 5.74) is 2.60. The Morgan fingerprint density at radius 3 is 2.42 bits per heavy atom. The van der Waals surface area contributed by atoms with E-state index < -0.39 is 0 Å². The van der Waals surface area contributed by atoms with Crippen molar-refractivity contribution in [2.24, 2.45) is 0 Å². The Labute approximate surface area is 210 Å². The fraction of sp³-hybridized carbons (Fsp3) is 0.321. The SMILES string of the molecule is CCN(CC)CCOc1ccc(Nc2cc3c(cn2)cc(-c2ccc(F)cc2C)c(=O)n3CC)nc1. The molecule has 8 heteroatoms. The van der Waals surface area contributed by atoms with Gasteiger partial charge >= 0.3 is 0 Å². The first-order valence-electron chi connectivity index (χ1n) is 12.3. The summed E-state index contributed by atoms with van der Waals surface area (Å²) >= 11 is 0. The number of pyridine rings is 3. The predicted molar refractivity (Wildman–Crippen MR) is 143 cm³/mol. The molecule has 0 fully saturated rings. The van der Waals surface area contributed by atoms with Crippen molar-refractivity contribution in [2.75, 3.05) is 31.6 Å². The van der Waals surface area contributed by atoms with Gasteiger partial charge in [-0.3, -0.25) is 4.79 Å². The first kappa shape index (κ1) is 25.3. The first-order chi connectivity index (χ1) is 17.4. The third-order valence-corrected chi connectivity index (χ3v) is 6.34. The number of aryl methyl sites for hydroxylation is 2. The molecule has 3 heterocycles. The van der Waals surface area contributed by atoms with Gasteiger partial charge in [-0.05, 0) is 68.4 Å². The summed E-state index contributed by atoms with van der Waals surface area (Å²) in [6.45, 7) is 12.0. The highest BCUT2D eigenvalue weighted by Crippen LogP contribution is 2.26. The van der Waals surface area contributed by atoms with Crippen molar-refractivity contribution in [3.05, 3.63) is 76.6 Å². The monoisotopic (exact) mass is 489 g/mol. The largest absolute Gasteiger partial charge is 0.491 e. The molecule has 0 amide bonds. The second-order valence-electron chi connectivity index (χ2n) is 8.57. The normalized spacial score (nSPS) is 11.3. The maximum atomic E-state index is 13.6. The minimum absolute atomic E-state index is 0.124. The molecule has 0 aliphatic heterocycles. The van der Waals surface area contributed by atoms with Crippen LogP contribution < -0.4 is 15.6 Å². The summed E-state index contributed by atoms with van der Waals surface area (Å²) in [6.07, 6.45) is 3.42.